The number of rotatable bonds is 4. The molecule has 1 aromatic rings. The number of benzene rings is 1. The summed E-state index contributed by atoms with van der Waals surface area (Å²) in [5, 5.41) is 11.0. The molecule has 0 spiro atoms. The first kappa shape index (κ1) is 11.2. The molecule has 0 saturated heterocycles. The monoisotopic (exact) mass is 239 g/mol. The lowest BCUT2D eigenvalue weighted by Gasteiger charge is -2.11. The molecule has 1 aromatic carbocycles. The molecule has 0 aromatic heterocycles. The van der Waals surface area contributed by atoms with Crippen molar-refractivity contribution in [1.29, 1.82) is 0 Å². The van der Waals surface area contributed by atoms with E-state index >= 15 is 0 Å². The molecule has 90 valence electrons. The van der Waals surface area contributed by atoms with Gasteiger partial charge in [-0.1, -0.05) is 0 Å². The van der Waals surface area contributed by atoms with Crippen LogP contribution in [-0.4, -0.2) is 18.2 Å². The Bertz CT molecular complexity index is 472. The van der Waals surface area contributed by atoms with E-state index in [-0.39, 0.29) is 30.3 Å². The van der Waals surface area contributed by atoms with E-state index in [0.29, 0.717) is 5.75 Å². The van der Waals surface area contributed by atoms with Gasteiger partial charge in [-0.15, -0.1) is 0 Å². The third-order valence-corrected chi connectivity index (χ3v) is 2.42. The fourth-order valence-electron chi connectivity index (χ4n) is 1.65. The van der Waals surface area contributed by atoms with E-state index in [9.17, 15) is 14.9 Å². The average molecular weight is 239 g/mol. The first-order valence-electron chi connectivity index (χ1n) is 4.81. The van der Waals surface area contributed by atoms with E-state index in [1.165, 1.54) is 6.07 Å². The molecule has 0 fully saturated rings. The van der Waals surface area contributed by atoms with Gasteiger partial charge in [-0.25, -0.2) is 0 Å². The van der Waals surface area contributed by atoms with E-state index in [0.717, 1.165) is 0 Å². The lowest BCUT2D eigenvalue weighted by atomic mass is 10.1. The van der Waals surface area contributed by atoms with Crippen molar-refractivity contribution in [3.8, 4) is 11.5 Å². The third-order valence-electron chi connectivity index (χ3n) is 2.42. The van der Waals surface area contributed by atoms with E-state index in [2.05, 4.69) is 0 Å². The van der Waals surface area contributed by atoms with Crippen LogP contribution in [0.3, 0.4) is 0 Å². The maximum absolute atomic E-state index is 11.0. The number of carbonyl (C=O) groups excluding carboxylic acids is 1. The van der Waals surface area contributed by atoms with Crippen LogP contribution in [0, 0.1) is 10.1 Å². The number of nitro groups is 1. The van der Waals surface area contributed by atoms with Crippen molar-refractivity contribution in [3.05, 3.63) is 27.8 Å². The number of nitrogens with zero attached hydrogens (tertiary/aromatic N) is 1. The fourth-order valence-corrected chi connectivity index (χ4v) is 1.65. The van der Waals surface area contributed by atoms with Gasteiger partial charge in [0, 0.05) is 0 Å². The van der Waals surface area contributed by atoms with E-state index in [4.69, 9.17) is 14.2 Å². The number of ether oxygens (including phenoxy) is 3. The van der Waals surface area contributed by atoms with E-state index in [1.54, 1.807) is 13.0 Å². The van der Waals surface area contributed by atoms with Gasteiger partial charge < -0.3 is 14.2 Å². The van der Waals surface area contributed by atoms with E-state index in [1.807, 2.05) is 0 Å². The molecule has 1 aliphatic rings. The van der Waals surface area contributed by atoms with Gasteiger partial charge in [-0.3, -0.25) is 14.9 Å². The molecule has 0 radical (unpaired) electrons. The van der Waals surface area contributed by atoms with Gasteiger partial charge in [0.15, 0.2) is 5.75 Å². The highest BCUT2D eigenvalue weighted by Crippen LogP contribution is 2.44. The molecule has 7 nitrogen and oxygen atoms in total. The Morgan fingerprint density at radius 3 is 2.94 bits per heavy atom. The number of hydrogen-bond donors (Lipinski definition) is 0. The number of hydrogen-bond acceptors (Lipinski definition) is 6. The molecule has 7 heteroatoms. The molecular weight excluding hydrogens is 230 g/mol. The molecule has 0 aliphatic carbocycles. The number of fused-ring (bicyclic) bond motifs is 1. The Kier molecular flexibility index (Phi) is 2.82. The minimum Gasteiger partial charge on any atom is -0.460 e. The SMILES string of the molecule is CC(OC=O)c1ccc2c(c1[N+](=O)[O-])OCO2. The van der Waals surface area contributed by atoms with Crippen LogP contribution in [0.2, 0.25) is 0 Å². The van der Waals surface area contributed by atoms with Crippen molar-refractivity contribution in [3.63, 3.8) is 0 Å². The van der Waals surface area contributed by atoms with Crippen molar-refractivity contribution >= 4 is 12.2 Å². The van der Waals surface area contributed by atoms with Gasteiger partial charge in [-0.2, -0.15) is 0 Å². The second-order valence-electron chi connectivity index (χ2n) is 3.37. The lowest BCUT2D eigenvalue weighted by Crippen LogP contribution is -2.04. The Labute approximate surface area is 96.0 Å². The van der Waals surface area contributed by atoms with Crippen molar-refractivity contribution < 1.29 is 23.9 Å². The van der Waals surface area contributed by atoms with Crippen LogP contribution < -0.4 is 9.47 Å². The van der Waals surface area contributed by atoms with Crippen LogP contribution in [-0.2, 0) is 9.53 Å². The quantitative estimate of drug-likeness (QED) is 0.450. The summed E-state index contributed by atoms with van der Waals surface area (Å²) in [4.78, 5) is 20.7. The number of carbonyl (C=O) groups is 1. The standard InChI is InChI=1S/C10H9NO6/c1-6(15-4-12)7-2-3-8-10(17-5-16-8)9(7)11(13)14/h2-4,6H,5H2,1H3. The van der Waals surface area contributed by atoms with Crippen LogP contribution in [0.1, 0.15) is 18.6 Å². The van der Waals surface area contributed by atoms with Crippen LogP contribution in [0.4, 0.5) is 5.69 Å². The molecule has 1 atom stereocenters. The van der Waals surface area contributed by atoms with Crippen molar-refractivity contribution in [1.82, 2.24) is 0 Å². The molecule has 1 aliphatic heterocycles. The van der Waals surface area contributed by atoms with Crippen LogP contribution in [0.15, 0.2) is 12.1 Å². The molecule has 0 N–H and O–H groups in total. The maximum Gasteiger partial charge on any atom is 0.321 e. The van der Waals surface area contributed by atoms with Gasteiger partial charge in [0.2, 0.25) is 12.5 Å². The normalized spacial score (nSPS) is 14.2. The molecule has 0 saturated carbocycles. The largest absolute Gasteiger partial charge is 0.460 e. The minimum absolute atomic E-state index is 0.0530. The Morgan fingerprint density at radius 2 is 2.29 bits per heavy atom. The summed E-state index contributed by atoms with van der Waals surface area (Å²) in [6, 6.07) is 3.04. The van der Waals surface area contributed by atoms with Gasteiger partial charge in [0.25, 0.3) is 6.47 Å². The Hall–Kier alpha value is -2.31. The molecule has 1 unspecified atom stereocenters. The summed E-state index contributed by atoms with van der Waals surface area (Å²) >= 11 is 0. The summed E-state index contributed by atoms with van der Waals surface area (Å²) < 4.78 is 14.8. The molecule has 0 amide bonds. The van der Waals surface area contributed by atoms with Crippen molar-refractivity contribution in [2.75, 3.05) is 6.79 Å². The van der Waals surface area contributed by atoms with Gasteiger partial charge >= 0.3 is 5.69 Å². The maximum atomic E-state index is 11.0. The second-order valence-corrected chi connectivity index (χ2v) is 3.37. The third kappa shape index (κ3) is 1.86. The highest BCUT2D eigenvalue weighted by molar-refractivity contribution is 5.62. The predicted octanol–water partition coefficient (Wildman–Crippen LogP) is 1.56. The fraction of sp³-hybridized carbons (Fsp3) is 0.300. The summed E-state index contributed by atoms with van der Waals surface area (Å²) in [7, 11) is 0. The molecule has 2 rings (SSSR count). The smallest absolute Gasteiger partial charge is 0.321 e. The molecule has 17 heavy (non-hydrogen) atoms. The van der Waals surface area contributed by atoms with Crippen molar-refractivity contribution in [2.45, 2.75) is 13.0 Å². The summed E-state index contributed by atoms with van der Waals surface area (Å²) in [6.07, 6.45) is -0.720. The summed E-state index contributed by atoms with van der Waals surface area (Å²) in [5.41, 5.74) is 0.0423. The zero-order chi connectivity index (χ0) is 12.4. The van der Waals surface area contributed by atoms with Gasteiger partial charge in [-0.05, 0) is 19.1 Å². The molecular formula is C10H9NO6. The topological polar surface area (TPSA) is 87.9 Å². The van der Waals surface area contributed by atoms with Crippen LogP contribution in [0.25, 0.3) is 0 Å². The summed E-state index contributed by atoms with van der Waals surface area (Å²) in [5.74, 6) is 0.396. The van der Waals surface area contributed by atoms with Crippen LogP contribution >= 0.6 is 0 Å². The zero-order valence-electron chi connectivity index (χ0n) is 8.91. The second kappa shape index (κ2) is 4.28. The Balaban J connectivity index is 2.52. The first-order valence-corrected chi connectivity index (χ1v) is 4.81. The minimum atomic E-state index is -0.720. The molecule has 1 heterocycles. The first-order chi connectivity index (χ1) is 8.15. The number of nitro benzene ring substituents is 1. The zero-order valence-corrected chi connectivity index (χ0v) is 8.91. The average Bonchev–Trinajstić information content (AvgIpc) is 2.75. The highest BCUT2D eigenvalue weighted by atomic mass is 16.7. The summed E-state index contributed by atoms with van der Waals surface area (Å²) in [6.45, 7) is 1.74. The highest BCUT2D eigenvalue weighted by Gasteiger charge is 2.31. The van der Waals surface area contributed by atoms with E-state index < -0.39 is 11.0 Å². The molecule has 0 bridgehead atoms. The predicted molar refractivity (Wildman–Crippen MR) is 54.8 cm³/mol. The van der Waals surface area contributed by atoms with Gasteiger partial charge in [0.1, 0.15) is 6.10 Å². The lowest BCUT2D eigenvalue weighted by molar-refractivity contribution is -0.386. The Morgan fingerprint density at radius 1 is 1.53 bits per heavy atom. The van der Waals surface area contributed by atoms with Crippen molar-refractivity contribution in [2.24, 2.45) is 0 Å². The van der Waals surface area contributed by atoms with Crippen LogP contribution in [0.5, 0.6) is 11.5 Å². The van der Waals surface area contributed by atoms with Gasteiger partial charge in [0.05, 0.1) is 10.5 Å².